The van der Waals surface area contributed by atoms with Crippen molar-refractivity contribution in [3.63, 3.8) is 0 Å². The van der Waals surface area contributed by atoms with Gasteiger partial charge in [-0.3, -0.25) is 4.79 Å². The van der Waals surface area contributed by atoms with E-state index in [1.165, 1.54) is 30.9 Å². The molecule has 0 unspecified atom stereocenters. The van der Waals surface area contributed by atoms with Gasteiger partial charge in [0.05, 0.1) is 23.5 Å². The zero-order valence-electron chi connectivity index (χ0n) is 19.0. The molecule has 0 bridgehead atoms. The summed E-state index contributed by atoms with van der Waals surface area (Å²) in [6.07, 6.45) is 8.19. The second-order valence-corrected chi connectivity index (χ2v) is 9.41. The molecule has 5 rings (SSSR count). The van der Waals surface area contributed by atoms with Gasteiger partial charge in [0.1, 0.15) is 0 Å². The molecule has 1 amide bonds. The first-order valence-corrected chi connectivity index (χ1v) is 12.0. The van der Waals surface area contributed by atoms with E-state index in [9.17, 15) is 13.6 Å². The summed E-state index contributed by atoms with van der Waals surface area (Å²) in [5.74, 6) is -1.22. The molecule has 1 heterocycles. The highest BCUT2D eigenvalue weighted by atomic mass is 19.2. The summed E-state index contributed by atoms with van der Waals surface area (Å²) in [6, 6.07) is 9.39. The van der Waals surface area contributed by atoms with Crippen LogP contribution in [-0.4, -0.2) is 15.9 Å². The van der Waals surface area contributed by atoms with Crippen LogP contribution in [0.4, 0.5) is 20.3 Å². The molecule has 1 saturated carbocycles. The Kier molecular flexibility index (Phi) is 6.26. The zero-order valence-corrected chi connectivity index (χ0v) is 19.0. The van der Waals surface area contributed by atoms with Crippen molar-refractivity contribution >= 4 is 17.4 Å². The van der Waals surface area contributed by atoms with Crippen LogP contribution in [0, 0.1) is 17.6 Å². The minimum absolute atomic E-state index is 0.0685. The molecule has 2 aromatic carbocycles. The summed E-state index contributed by atoms with van der Waals surface area (Å²) in [6.45, 7) is 0. The van der Waals surface area contributed by atoms with Crippen molar-refractivity contribution in [3.8, 4) is 11.3 Å². The van der Waals surface area contributed by atoms with Crippen molar-refractivity contribution in [2.45, 2.75) is 57.8 Å². The number of nitrogen functional groups attached to an aromatic ring is 1. The smallest absolute Gasteiger partial charge is 0.229 e. The van der Waals surface area contributed by atoms with E-state index in [2.05, 4.69) is 5.32 Å². The molecular weight excluding hydrogens is 434 g/mol. The Balaban J connectivity index is 1.45. The molecule has 5 nitrogen and oxygen atoms in total. The van der Waals surface area contributed by atoms with Crippen molar-refractivity contribution in [2.75, 3.05) is 11.1 Å². The molecule has 34 heavy (non-hydrogen) atoms. The number of carbonyl (C=O) groups is 1. The number of aryl methyl sites for hydroxylation is 2. The highest BCUT2D eigenvalue weighted by Gasteiger charge is 2.25. The lowest BCUT2D eigenvalue weighted by molar-refractivity contribution is -0.115. The number of hydrogen-bond acceptors (Lipinski definition) is 4. The van der Waals surface area contributed by atoms with Gasteiger partial charge in [-0.1, -0.05) is 44.2 Å². The number of fused-ring (bicyclic) bond motifs is 3. The van der Waals surface area contributed by atoms with E-state index >= 15 is 0 Å². The largest absolute Gasteiger partial charge is 0.399 e. The third-order valence-electron chi connectivity index (χ3n) is 6.87. The summed E-state index contributed by atoms with van der Waals surface area (Å²) in [7, 11) is 0. The second-order valence-electron chi connectivity index (χ2n) is 9.41. The Hall–Kier alpha value is -3.35. The van der Waals surface area contributed by atoms with E-state index in [1.807, 2.05) is 18.2 Å². The maximum Gasteiger partial charge on any atom is 0.229 e. The fourth-order valence-corrected chi connectivity index (χ4v) is 5.12. The van der Waals surface area contributed by atoms with Gasteiger partial charge >= 0.3 is 0 Å². The third-order valence-corrected chi connectivity index (χ3v) is 6.87. The number of hydrogen-bond donors (Lipinski definition) is 2. The van der Waals surface area contributed by atoms with Crippen LogP contribution in [0.3, 0.4) is 0 Å². The van der Waals surface area contributed by atoms with Crippen LogP contribution >= 0.6 is 0 Å². The van der Waals surface area contributed by atoms with Crippen LogP contribution < -0.4 is 11.1 Å². The molecule has 7 heteroatoms. The number of nitrogens with two attached hydrogens (primary N) is 1. The normalized spacial score (nSPS) is 15.5. The predicted molar refractivity (Wildman–Crippen MR) is 128 cm³/mol. The van der Waals surface area contributed by atoms with Gasteiger partial charge in [-0.05, 0) is 60.6 Å². The van der Waals surface area contributed by atoms with Crippen molar-refractivity contribution in [2.24, 2.45) is 5.92 Å². The van der Waals surface area contributed by atoms with Gasteiger partial charge in [0, 0.05) is 11.3 Å². The lowest BCUT2D eigenvalue weighted by atomic mass is 9.85. The summed E-state index contributed by atoms with van der Waals surface area (Å²) in [5, 5.41) is 2.92. The van der Waals surface area contributed by atoms with Crippen LogP contribution in [-0.2, 0) is 30.5 Å². The lowest BCUT2D eigenvalue weighted by Crippen LogP contribution is -2.21. The fourth-order valence-electron chi connectivity index (χ4n) is 5.12. The maximum atomic E-state index is 13.6. The SMILES string of the molecule is Nc1ccc2c(c1)CCc1nc(NC(=O)Cc3ccc(F)c(F)c3)c(CC3CCCCC3)nc1-2. The number of benzene rings is 2. The minimum Gasteiger partial charge on any atom is -0.399 e. The van der Waals surface area contributed by atoms with Crippen LogP contribution in [0.2, 0.25) is 0 Å². The second kappa shape index (κ2) is 9.49. The molecule has 0 spiro atoms. The maximum absolute atomic E-state index is 13.6. The number of amides is 1. The molecule has 0 aliphatic heterocycles. The fraction of sp³-hybridized carbons (Fsp3) is 0.370. The van der Waals surface area contributed by atoms with Crippen molar-refractivity contribution in [1.82, 2.24) is 9.97 Å². The van der Waals surface area contributed by atoms with Gasteiger partial charge in [-0.15, -0.1) is 0 Å². The Morgan fingerprint density at radius 1 is 1.00 bits per heavy atom. The van der Waals surface area contributed by atoms with Crippen molar-refractivity contribution in [1.29, 1.82) is 0 Å². The van der Waals surface area contributed by atoms with E-state index in [0.717, 1.165) is 66.1 Å². The molecule has 1 aromatic heterocycles. The number of aromatic nitrogens is 2. The number of rotatable bonds is 5. The van der Waals surface area contributed by atoms with Gasteiger partial charge in [-0.25, -0.2) is 18.7 Å². The summed E-state index contributed by atoms with van der Waals surface area (Å²) < 4.78 is 26.8. The number of halogens is 2. The number of nitrogens with one attached hydrogen (secondary N) is 1. The Morgan fingerprint density at radius 2 is 1.82 bits per heavy atom. The lowest BCUT2D eigenvalue weighted by Gasteiger charge is -2.24. The average molecular weight is 463 g/mol. The van der Waals surface area contributed by atoms with Crippen LogP contribution in [0.5, 0.6) is 0 Å². The third kappa shape index (κ3) is 4.79. The Bertz CT molecular complexity index is 1240. The minimum atomic E-state index is -0.962. The summed E-state index contributed by atoms with van der Waals surface area (Å²) >= 11 is 0. The number of carbonyl (C=O) groups excluding carboxylic acids is 1. The number of anilines is 2. The Morgan fingerprint density at radius 3 is 2.62 bits per heavy atom. The molecule has 0 atom stereocenters. The first-order valence-electron chi connectivity index (χ1n) is 12.0. The van der Waals surface area contributed by atoms with E-state index in [1.54, 1.807) is 0 Å². The quantitative estimate of drug-likeness (QED) is 0.497. The van der Waals surface area contributed by atoms with Gasteiger partial charge in [0.15, 0.2) is 17.5 Å². The van der Waals surface area contributed by atoms with Crippen LogP contribution in [0.25, 0.3) is 11.3 Å². The standard InChI is InChI=1S/C27H28F2N4O/c28-21-10-6-17(12-22(21)29)14-25(34)33-27-24(13-16-4-2-1-3-5-16)31-26-20-9-8-19(30)15-18(20)7-11-23(26)32-27/h6,8-10,12,15-16H,1-5,7,11,13-14,30H2,(H,32,33,34). The Labute approximate surface area is 197 Å². The molecule has 3 aromatic rings. The predicted octanol–water partition coefficient (Wildman–Crippen LogP) is 5.41. The average Bonchev–Trinajstić information content (AvgIpc) is 2.82. The monoisotopic (exact) mass is 462 g/mol. The zero-order chi connectivity index (χ0) is 23.7. The number of nitrogens with zero attached hydrogens (tertiary/aromatic N) is 2. The van der Waals surface area contributed by atoms with Crippen LogP contribution in [0.15, 0.2) is 36.4 Å². The molecule has 1 fully saturated rings. The summed E-state index contributed by atoms with van der Waals surface area (Å²) in [5.41, 5.74) is 11.9. The molecule has 0 radical (unpaired) electrons. The van der Waals surface area contributed by atoms with Gasteiger partial charge in [0.25, 0.3) is 0 Å². The first kappa shape index (κ1) is 22.4. The van der Waals surface area contributed by atoms with Crippen LogP contribution in [0.1, 0.15) is 54.6 Å². The van der Waals surface area contributed by atoms with E-state index in [-0.39, 0.29) is 12.3 Å². The topological polar surface area (TPSA) is 80.9 Å². The van der Waals surface area contributed by atoms with Gasteiger partial charge in [0.2, 0.25) is 5.91 Å². The van der Waals surface area contributed by atoms with Gasteiger partial charge < -0.3 is 11.1 Å². The molecule has 0 saturated heterocycles. The molecule has 2 aliphatic carbocycles. The van der Waals surface area contributed by atoms with E-state index in [0.29, 0.717) is 23.7 Å². The molecule has 3 N–H and O–H groups in total. The highest BCUT2D eigenvalue weighted by molar-refractivity contribution is 5.92. The van der Waals surface area contributed by atoms with Crippen molar-refractivity contribution < 1.29 is 13.6 Å². The van der Waals surface area contributed by atoms with E-state index in [4.69, 9.17) is 15.7 Å². The molecular formula is C27H28F2N4O. The summed E-state index contributed by atoms with van der Waals surface area (Å²) in [4.78, 5) is 22.7. The molecule has 176 valence electrons. The van der Waals surface area contributed by atoms with Crippen molar-refractivity contribution in [3.05, 3.63) is 70.5 Å². The molecule has 2 aliphatic rings. The van der Waals surface area contributed by atoms with E-state index < -0.39 is 11.6 Å². The first-order chi connectivity index (χ1) is 16.5. The highest BCUT2D eigenvalue weighted by Crippen LogP contribution is 2.35. The van der Waals surface area contributed by atoms with Gasteiger partial charge in [-0.2, -0.15) is 0 Å².